The Bertz CT molecular complexity index is 1750. The number of anilines is 1. The normalized spacial score (nSPS) is 31.3. The molecule has 0 saturated heterocycles. The molecule has 2 bridgehead atoms. The fourth-order valence-corrected chi connectivity index (χ4v) is 9.39. The number of amides is 3. The van der Waals surface area contributed by atoms with Gasteiger partial charge in [0.1, 0.15) is 11.4 Å². The first-order valence-electron chi connectivity index (χ1n) is 17.0. The molecule has 1 spiro atoms. The van der Waals surface area contributed by atoms with Gasteiger partial charge in [0.2, 0.25) is 0 Å². The Morgan fingerprint density at radius 3 is 2.73 bits per heavy atom. The predicted molar refractivity (Wildman–Crippen MR) is 185 cm³/mol. The molecule has 5 aliphatic rings. The number of hydrogen-bond donors (Lipinski definition) is 2. The highest BCUT2D eigenvalue weighted by atomic mass is 35.5. The van der Waals surface area contributed by atoms with Crippen molar-refractivity contribution in [3.8, 4) is 5.75 Å². The van der Waals surface area contributed by atoms with Gasteiger partial charge in [0.05, 0.1) is 29.9 Å². The summed E-state index contributed by atoms with van der Waals surface area (Å²) in [7, 11) is -2.04. The van der Waals surface area contributed by atoms with Crippen molar-refractivity contribution in [1.82, 2.24) is 10.0 Å². The molecule has 7 rings (SSSR count). The van der Waals surface area contributed by atoms with Crippen LogP contribution in [0.2, 0.25) is 5.02 Å². The van der Waals surface area contributed by atoms with Crippen LogP contribution in [0, 0.1) is 11.8 Å². The number of urea groups is 1. The summed E-state index contributed by atoms with van der Waals surface area (Å²) in [6, 6.07) is 10.8. The number of aryl methyl sites for hydroxylation is 1. The number of nitrogens with one attached hydrogen (secondary N) is 2. The molecule has 2 N–H and O–H groups in total. The van der Waals surface area contributed by atoms with E-state index >= 15 is 0 Å². The fraction of sp³-hybridized carbons (Fsp3) is 0.556. The number of methoxy groups -OCH3 is 1. The van der Waals surface area contributed by atoms with Gasteiger partial charge in [-0.05, 0) is 112 Å². The van der Waals surface area contributed by atoms with Gasteiger partial charge < -0.3 is 24.4 Å². The molecule has 2 aromatic rings. The minimum Gasteiger partial charge on any atom is -0.490 e. The molecule has 3 amide bonds. The van der Waals surface area contributed by atoms with Crippen LogP contribution in [-0.2, 0) is 36.0 Å². The second-order valence-electron chi connectivity index (χ2n) is 14.5. The monoisotopic (exact) mass is 696 g/mol. The zero-order chi connectivity index (χ0) is 33.7. The van der Waals surface area contributed by atoms with Crippen molar-refractivity contribution in [2.75, 3.05) is 38.3 Å². The van der Waals surface area contributed by atoms with E-state index in [-0.39, 0.29) is 29.1 Å². The van der Waals surface area contributed by atoms with Gasteiger partial charge in [0.25, 0.3) is 5.91 Å². The lowest BCUT2D eigenvalue weighted by Crippen LogP contribution is -2.49. The van der Waals surface area contributed by atoms with Crippen molar-refractivity contribution in [2.24, 2.45) is 16.2 Å². The van der Waals surface area contributed by atoms with E-state index in [1.165, 1.54) is 11.1 Å². The van der Waals surface area contributed by atoms with Crippen molar-refractivity contribution in [3.05, 3.63) is 64.7 Å². The summed E-state index contributed by atoms with van der Waals surface area (Å²) in [6.45, 7) is 5.24. The van der Waals surface area contributed by atoms with Gasteiger partial charge in [0, 0.05) is 36.7 Å². The van der Waals surface area contributed by atoms with Crippen LogP contribution in [0.25, 0.3) is 0 Å². The lowest BCUT2D eigenvalue weighted by Gasteiger charge is -2.46. The fourth-order valence-electron chi connectivity index (χ4n) is 7.64. The van der Waals surface area contributed by atoms with Crippen LogP contribution in [0.4, 0.5) is 10.5 Å². The summed E-state index contributed by atoms with van der Waals surface area (Å²) in [5.74, 6) is 0.561. The van der Waals surface area contributed by atoms with Crippen LogP contribution >= 0.6 is 11.6 Å². The highest BCUT2D eigenvalue weighted by Crippen LogP contribution is 2.47. The zero-order valence-electron chi connectivity index (χ0n) is 27.8. The first-order chi connectivity index (χ1) is 23.0. The Hall–Kier alpha value is -3.12. The maximum atomic E-state index is 14.8. The van der Waals surface area contributed by atoms with E-state index in [4.69, 9.17) is 25.8 Å². The molecule has 5 atom stereocenters. The first-order valence-corrected chi connectivity index (χ1v) is 18.9. The summed E-state index contributed by atoms with van der Waals surface area (Å²) in [4.78, 5) is 29.3. The third-order valence-corrected chi connectivity index (χ3v) is 12.7. The molecule has 48 heavy (non-hydrogen) atoms. The molecular weight excluding hydrogens is 652 g/mol. The Morgan fingerprint density at radius 1 is 1.15 bits per heavy atom. The number of fused-ring (bicyclic) bond motifs is 4. The molecule has 3 aliphatic carbocycles. The van der Waals surface area contributed by atoms with Gasteiger partial charge in [-0.3, -0.25) is 4.79 Å². The van der Waals surface area contributed by atoms with Crippen molar-refractivity contribution >= 4 is 39.1 Å². The van der Waals surface area contributed by atoms with E-state index in [0.29, 0.717) is 30.7 Å². The lowest BCUT2D eigenvalue weighted by atomic mass is 9.68. The van der Waals surface area contributed by atoms with Crippen molar-refractivity contribution in [2.45, 2.75) is 86.9 Å². The van der Waals surface area contributed by atoms with Gasteiger partial charge >= 0.3 is 6.03 Å². The largest absolute Gasteiger partial charge is 0.490 e. The molecule has 2 aliphatic heterocycles. The number of carbonyl (C=O) groups excluding carboxylic acids is 2. The van der Waals surface area contributed by atoms with E-state index < -0.39 is 27.5 Å². The average molecular weight is 697 g/mol. The summed E-state index contributed by atoms with van der Waals surface area (Å²) >= 11 is 6.45. The number of ether oxygens (including phenoxy) is 3. The van der Waals surface area contributed by atoms with Crippen LogP contribution in [0.1, 0.15) is 63.5 Å². The molecule has 0 radical (unpaired) electrons. The molecule has 258 valence electrons. The van der Waals surface area contributed by atoms with E-state index in [2.05, 4.69) is 31.4 Å². The Morgan fingerprint density at radius 2 is 1.98 bits per heavy atom. The topological polar surface area (TPSA) is 119 Å². The van der Waals surface area contributed by atoms with Gasteiger partial charge in [0.15, 0.2) is 9.92 Å². The van der Waals surface area contributed by atoms with E-state index in [0.717, 1.165) is 62.2 Å². The van der Waals surface area contributed by atoms with Gasteiger partial charge in [-0.2, -0.15) is 0 Å². The summed E-state index contributed by atoms with van der Waals surface area (Å²) in [5, 5.41) is 3.56. The first kappa shape index (κ1) is 33.4. The van der Waals surface area contributed by atoms with Crippen molar-refractivity contribution in [3.63, 3.8) is 0 Å². The molecule has 2 saturated carbocycles. The SMILES string of the molecule is CO[C@H]1C=CCOC(C)(C)C(=O)N=[S@@](=O)(NC(=O)NC2CC2)c2ccc3c(c2)N(C[C@@H]2CC[C@H]21)C[C@@]1(CCCc2cc(Cl)ccc21)CO3. The molecule has 0 unspecified atom stereocenters. The third kappa shape index (κ3) is 6.58. The van der Waals surface area contributed by atoms with E-state index in [1.54, 1.807) is 39.2 Å². The number of nitrogens with zero attached hydrogens (tertiary/aromatic N) is 2. The number of benzene rings is 2. The van der Waals surface area contributed by atoms with Gasteiger partial charge in [-0.1, -0.05) is 29.8 Å². The maximum absolute atomic E-state index is 14.8. The second kappa shape index (κ2) is 13.0. The number of halogens is 1. The second-order valence-corrected chi connectivity index (χ2v) is 16.8. The smallest absolute Gasteiger partial charge is 0.327 e. The molecule has 12 heteroatoms. The average Bonchev–Trinajstić information content (AvgIpc) is 3.87. The summed E-state index contributed by atoms with van der Waals surface area (Å²) in [5.41, 5.74) is 1.59. The Balaban J connectivity index is 1.35. The highest BCUT2D eigenvalue weighted by Gasteiger charge is 2.45. The van der Waals surface area contributed by atoms with Crippen LogP contribution in [0.3, 0.4) is 0 Å². The predicted octanol–water partition coefficient (Wildman–Crippen LogP) is 5.95. The molecule has 0 aromatic heterocycles. The molecular formula is C36H45ClN4O6S. The van der Waals surface area contributed by atoms with Crippen LogP contribution in [-0.4, -0.2) is 67.3 Å². The quantitative estimate of drug-likeness (QED) is 0.381. The third-order valence-electron chi connectivity index (χ3n) is 10.7. The minimum absolute atomic E-state index is 0.0215. The van der Waals surface area contributed by atoms with Crippen LogP contribution in [0.15, 0.2) is 57.8 Å². The standard InChI is InChI=1S/C36H45ClN4O6S/c1-35(2)33(42)39-48(44,40-34(43)38-26-10-11-26)27-12-15-32-30(19-27)41(20-24-8-13-28(24)31(45-3)7-5-17-47-35)21-36(22-46-32)16-4-6-23-18-25(37)9-14-29(23)36/h5,7,9,12,14-15,18-19,24,26,28,31H,4,6,8,10-11,13,16-17,20-22H2,1-3H3,(H2,38,39,40,42,43,44)/t24-,28+,31-,36-,48+/m0/s1. The number of carbonyl (C=O) groups is 2. The van der Waals surface area contributed by atoms with Gasteiger partial charge in [-0.15, -0.1) is 4.36 Å². The molecule has 2 aromatic carbocycles. The minimum atomic E-state index is -3.78. The Labute approximate surface area is 288 Å². The Kier molecular flexibility index (Phi) is 9.02. The van der Waals surface area contributed by atoms with Crippen molar-refractivity contribution in [1.29, 1.82) is 0 Å². The van der Waals surface area contributed by atoms with Crippen molar-refractivity contribution < 1.29 is 28.0 Å². The summed E-state index contributed by atoms with van der Waals surface area (Å²) in [6.07, 6.45) is 10.5. The van der Waals surface area contributed by atoms with Crippen LogP contribution in [0.5, 0.6) is 5.75 Å². The summed E-state index contributed by atoms with van der Waals surface area (Å²) < 4.78 is 40.2. The molecule has 2 fully saturated rings. The highest BCUT2D eigenvalue weighted by molar-refractivity contribution is 7.92. The van der Waals surface area contributed by atoms with Gasteiger partial charge in [-0.25, -0.2) is 13.7 Å². The molecule has 2 heterocycles. The number of hydrogen-bond acceptors (Lipinski definition) is 7. The maximum Gasteiger partial charge on any atom is 0.327 e. The lowest BCUT2D eigenvalue weighted by molar-refractivity contribution is -0.137. The van der Waals surface area contributed by atoms with Crippen LogP contribution < -0.4 is 19.7 Å². The number of rotatable bonds is 3. The molecule has 10 nitrogen and oxygen atoms in total. The van der Waals surface area contributed by atoms with E-state index in [1.807, 2.05) is 18.2 Å². The van der Waals surface area contributed by atoms with E-state index in [9.17, 15) is 13.8 Å². The zero-order valence-corrected chi connectivity index (χ0v) is 29.4.